The van der Waals surface area contributed by atoms with Crippen molar-refractivity contribution in [3.05, 3.63) is 107 Å². The van der Waals surface area contributed by atoms with Gasteiger partial charge in [-0.2, -0.15) is 4.31 Å². The Morgan fingerprint density at radius 3 is 2.38 bits per heavy atom. The first-order chi connectivity index (χ1) is 22.0. The molecule has 9 nitrogen and oxygen atoms in total. The van der Waals surface area contributed by atoms with Crippen LogP contribution in [-0.4, -0.2) is 61.3 Å². The molecule has 0 spiro atoms. The van der Waals surface area contributed by atoms with Crippen molar-refractivity contribution >= 4 is 33.2 Å². The van der Waals surface area contributed by atoms with Gasteiger partial charge in [0.2, 0.25) is 15.9 Å². The van der Waals surface area contributed by atoms with Crippen molar-refractivity contribution in [1.29, 1.82) is 0 Å². The minimum Gasteiger partial charge on any atom is -0.406 e. The predicted octanol–water partition coefficient (Wildman–Crippen LogP) is 5.53. The Morgan fingerprint density at radius 1 is 1.13 bits per heavy atom. The summed E-state index contributed by atoms with van der Waals surface area (Å²) in [5, 5.41) is 2.97. The lowest BCUT2D eigenvalue weighted by Crippen LogP contribution is -2.60. The summed E-state index contributed by atoms with van der Waals surface area (Å²) < 4.78 is 98.1. The number of amides is 1. The van der Waals surface area contributed by atoms with Crippen molar-refractivity contribution in [3.8, 4) is 5.75 Å². The van der Waals surface area contributed by atoms with Crippen LogP contribution in [0.25, 0.3) is 0 Å². The smallest absolute Gasteiger partial charge is 0.406 e. The first-order valence-electron chi connectivity index (χ1n) is 14.2. The molecule has 1 amide bonds. The van der Waals surface area contributed by atoms with E-state index < -0.39 is 40.0 Å². The number of nitrogens with two attached hydrogens (primary N) is 1. The molecule has 0 unspecified atom stereocenters. The zero-order valence-corrected chi connectivity index (χ0v) is 26.5. The Morgan fingerprint density at radius 2 is 1.79 bits per heavy atom. The molecule has 1 saturated heterocycles. The highest BCUT2D eigenvalue weighted by molar-refractivity contribution is 7.89. The number of piperazine rings is 1. The average Bonchev–Trinajstić information content (AvgIpc) is 3.02. The molecule has 16 heteroatoms. The number of alkyl halides is 5. The third-order valence-electron chi connectivity index (χ3n) is 7.35. The monoisotopic (exact) mass is 699 g/mol. The van der Waals surface area contributed by atoms with Crippen LogP contribution >= 0.6 is 11.6 Å². The molecular weight excluding hydrogens is 669 g/mol. The number of carbonyl (C=O) groups excluding carboxylic acids is 1. The van der Waals surface area contributed by atoms with E-state index in [1.165, 1.54) is 37.4 Å². The van der Waals surface area contributed by atoms with Gasteiger partial charge in [0.05, 0.1) is 21.8 Å². The van der Waals surface area contributed by atoms with E-state index in [4.69, 9.17) is 17.3 Å². The fourth-order valence-corrected chi connectivity index (χ4v) is 6.56. The van der Waals surface area contributed by atoms with E-state index in [-0.39, 0.29) is 48.9 Å². The summed E-state index contributed by atoms with van der Waals surface area (Å²) in [5.74, 6) is -4.27. The van der Waals surface area contributed by atoms with Crippen molar-refractivity contribution in [2.24, 2.45) is 10.7 Å². The first-order valence-corrected chi connectivity index (χ1v) is 16.0. The normalized spacial score (nSPS) is 19.1. The third-order valence-corrected chi connectivity index (χ3v) is 9.57. The zero-order chi connectivity index (χ0) is 34.6. The minimum atomic E-state index is -4.97. The second-order valence-electron chi connectivity index (χ2n) is 10.5. The van der Waals surface area contributed by atoms with Gasteiger partial charge >= 0.3 is 6.36 Å². The number of benzene rings is 2. The molecule has 1 atom stereocenters. The molecule has 2 aromatic carbocycles. The number of rotatable bonds is 10. The first kappa shape index (κ1) is 35.6. The van der Waals surface area contributed by atoms with Gasteiger partial charge in [0.1, 0.15) is 17.6 Å². The fourth-order valence-electron chi connectivity index (χ4n) is 4.75. The Bertz CT molecular complexity index is 1720. The van der Waals surface area contributed by atoms with E-state index in [1.54, 1.807) is 23.1 Å². The van der Waals surface area contributed by atoms with Gasteiger partial charge in [-0.1, -0.05) is 61.5 Å². The molecule has 1 aliphatic heterocycles. The molecule has 3 N–H and O–H groups in total. The van der Waals surface area contributed by atoms with Gasteiger partial charge < -0.3 is 20.7 Å². The lowest BCUT2D eigenvalue weighted by molar-refractivity contribution is -0.274. The molecule has 0 saturated carbocycles. The molecule has 1 fully saturated rings. The standard InChI is InChI=1S/C31H31ClF5N5O4S/c1-3-30(33,34)22-9-7-21(8-10-22)17-40-29(43)26-19-41(27(38)18-39-28-20(2)5-4-6-25(28)32)15-16-42(26)47(44,45)24-13-11-23(12-14-24)46-31(35,36)37/h4-14,18,26H,2-3,15-17,19,38H2,1H3,(H,40,43)/b27-18+,39-28?/t26-/m1/s1. The van der Waals surface area contributed by atoms with E-state index in [2.05, 4.69) is 21.6 Å². The van der Waals surface area contributed by atoms with Gasteiger partial charge in [-0.05, 0) is 41.5 Å². The van der Waals surface area contributed by atoms with E-state index in [0.717, 1.165) is 28.6 Å². The predicted molar refractivity (Wildman–Crippen MR) is 167 cm³/mol. The van der Waals surface area contributed by atoms with Gasteiger partial charge in [-0.3, -0.25) is 9.79 Å². The Balaban J connectivity index is 1.58. The topological polar surface area (TPSA) is 117 Å². The number of halogens is 6. The van der Waals surface area contributed by atoms with Gasteiger partial charge in [0.15, 0.2) is 0 Å². The zero-order valence-electron chi connectivity index (χ0n) is 25.0. The van der Waals surface area contributed by atoms with Crippen LogP contribution < -0.4 is 15.8 Å². The Hall–Kier alpha value is -4.21. The number of sulfonamides is 1. The van der Waals surface area contributed by atoms with Crippen LogP contribution in [0.4, 0.5) is 22.0 Å². The van der Waals surface area contributed by atoms with Crippen molar-refractivity contribution in [2.75, 3.05) is 19.6 Å². The number of carbonyl (C=O) groups is 1. The summed E-state index contributed by atoms with van der Waals surface area (Å²) in [6, 6.07) is 7.59. The van der Waals surface area contributed by atoms with Crippen LogP contribution in [-0.2, 0) is 27.3 Å². The lowest BCUT2D eigenvalue weighted by Gasteiger charge is -2.40. The van der Waals surface area contributed by atoms with E-state index in [9.17, 15) is 35.2 Å². The van der Waals surface area contributed by atoms with Crippen LogP contribution in [0, 0.1) is 0 Å². The molecule has 0 radical (unpaired) electrons. The summed E-state index contributed by atoms with van der Waals surface area (Å²) in [6.45, 7) is 4.70. The highest BCUT2D eigenvalue weighted by Crippen LogP contribution is 2.31. The Kier molecular flexibility index (Phi) is 10.8. The molecule has 4 rings (SSSR count). The third kappa shape index (κ3) is 8.78. The highest BCUT2D eigenvalue weighted by Gasteiger charge is 2.41. The van der Waals surface area contributed by atoms with E-state index >= 15 is 0 Å². The average molecular weight is 700 g/mol. The largest absolute Gasteiger partial charge is 0.573 e. The van der Waals surface area contributed by atoms with Crippen molar-refractivity contribution in [3.63, 3.8) is 0 Å². The summed E-state index contributed by atoms with van der Waals surface area (Å²) >= 11 is 6.21. The number of hydrogen-bond acceptors (Lipinski definition) is 7. The Labute approximate surface area is 273 Å². The van der Waals surface area contributed by atoms with Crippen LogP contribution in [0.1, 0.15) is 24.5 Å². The van der Waals surface area contributed by atoms with Crippen molar-refractivity contribution in [2.45, 2.75) is 43.1 Å². The summed E-state index contributed by atoms with van der Waals surface area (Å²) in [4.78, 5) is 19.0. The van der Waals surface area contributed by atoms with Gasteiger partial charge in [-0.15, -0.1) is 13.2 Å². The maximum absolute atomic E-state index is 14.0. The molecule has 1 aliphatic carbocycles. The van der Waals surface area contributed by atoms with Gasteiger partial charge in [0, 0.05) is 38.2 Å². The number of nitrogens with one attached hydrogen (secondary N) is 1. The molecule has 252 valence electrons. The number of allylic oxidation sites excluding steroid dienone is 5. The summed E-state index contributed by atoms with van der Waals surface area (Å²) in [7, 11) is -4.42. The van der Waals surface area contributed by atoms with Crippen LogP contribution in [0.3, 0.4) is 0 Å². The molecule has 2 aliphatic rings. The summed E-state index contributed by atoms with van der Waals surface area (Å²) in [6.07, 6.45) is 0.964. The number of nitrogens with zero attached hydrogens (tertiary/aromatic N) is 3. The second-order valence-corrected chi connectivity index (χ2v) is 12.8. The molecule has 0 aromatic heterocycles. The maximum Gasteiger partial charge on any atom is 0.573 e. The molecule has 47 heavy (non-hydrogen) atoms. The van der Waals surface area contributed by atoms with Crippen LogP contribution in [0.5, 0.6) is 5.75 Å². The maximum atomic E-state index is 14.0. The minimum absolute atomic E-state index is 0.0307. The van der Waals surface area contributed by atoms with Crippen molar-refractivity contribution in [1.82, 2.24) is 14.5 Å². The molecule has 2 aromatic rings. The number of aliphatic imine (C=N–C) groups is 1. The van der Waals surface area contributed by atoms with E-state index in [0.29, 0.717) is 21.9 Å². The van der Waals surface area contributed by atoms with Crippen LogP contribution in [0.2, 0.25) is 0 Å². The van der Waals surface area contributed by atoms with Crippen molar-refractivity contribution < 1.29 is 39.9 Å². The number of hydrogen-bond donors (Lipinski definition) is 2. The fraction of sp³-hybridized carbons (Fsp3) is 0.290. The van der Waals surface area contributed by atoms with Gasteiger partial charge in [-0.25, -0.2) is 17.2 Å². The lowest BCUT2D eigenvalue weighted by atomic mass is 10.0. The molecular formula is C31H31ClF5N5O4S. The quantitative estimate of drug-likeness (QED) is 0.316. The molecule has 0 bridgehead atoms. The molecule has 1 heterocycles. The summed E-state index contributed by atoms with van der Waals surface area (Å²) in [5.41, 5.74) is 7.49. The van der Waals surface area contributed by atoms with Gasteiger partial charge in [0.25, 0.3) is 5.92 Å². The van der Waals surface area contributed by atoms with Crippen LogP contribution in [0.15, 0.2) is 106 Å². The second kappa shape index (κ2) is 14.3. The SMILES string of the molecule is C=C1C=CC=C(Cl)C1=N/C=C(\N)N1CCN(S(=O)(=O)c2ccc(OC(F)(F)F)cc2)[C@@H](C(=O)NCc2ccc(C(F)(F)CC)cc2)C1. The van der Waals surface area contributed by atoms with E-state index in [1.807, 2.05) is 0 Å². The highest BCUT2D eigenvalue weighted by atomic mass is 35.5. The number of ether oxygens (including phenoxy) is 1.